The number of aromatic nitrogens is 1. The van der Waals surface area contributed by atoms with Gasteiger partial charge < -0.3 is 10.4 Å². The molecule has 1 aromatic heterocycles. The molecule has 0 aliphatic heterocycles. The number of nitrogens with one attached hydrogen (secondary N) is 1. The fourth-order valence-corrected chi connectivity index (χ4v) is 1.53. The Morgan fingerprint density at radius 2 is 1.95 bits per heavy atom. The van der Waals surface area contributed by atoms with Crippen LogP contribution in [0.5, 0.6) is 5.75 Å². The Balaban J connectivity index is 2.37. The molecule has 0 saturated carbocycles. The lowest BCUT2D eigenvalue weighted by Crippen LogP contribution is -2.08. The first kappa shape index (κ1) is 13.7. The topological polar surface area (TPSA) is 86.9 Å². The molecule has 0 bridgehead atoms. The normalized spacial score (nSPS) is 10.7. The molecule has 2 N–H and O–H groups in total. The highest BCUT2D eigenvalue weighted by molar-refractivity contribution is 5.90. The molecule has 2 rings (SSSR count). The number of rotatable bonds is 3. The molecule has 2 aromatic rings. The van der Waals surface area contributed by atoms with Crippen molar-refractivity contribution < 1.29 is 9.90 Å². The van der Waals surface area contributed by atoms with Crippen LogP contribution in [-0.2, 0) is 4.79 Å². The molecule has 1 aromatic carbocycles. The van der Waals surface area contributed by atoms with Crippen LogP contribution in [0.15, 0.2) is 46.6 Å². The second-order valence-electron chi connectivity index (χ2n) is 4.18. The molecule has 0 saturated heterocycles. The van der Waals surface area contributed by atoms with Gasteiger partial charge in [0.15, 0.2) is 5.82 Å². The fraction of sp³-hybridized carbons (Fsp3) is 0.143. The molecular formula is C14H14N4O2. The highest BCUT2D eigenvalue weighted by Crippen LogP contribution is 2.30. The maximum atomic E-state index is 11.1. The molecule has 0 spiro atoms. The van der Waals surface area contributed by atoms with Gasteiger partial charge in [-0.2, -0.15) is 5.11 Å². The zero-order valence-electron chi connectivity index (χ0n) is 11.2. The zero-order valence-corrected chi connectivity index (χ0v) is 11.2. The van der Waals surface area contributed by atoms with E-state index in [1.54, 1.807) is 19.1 Å². The van der Waals surface area contributed by atoms with Crippen molar-refractivity contribution in [1.82, 2.24) is 4.98 Å². The van der Waals surface area contributed by atoms with E-state index in [1.165, 1.54) is 13.0 Å². The predicted octanol–water partition coefficient (Wildman–Crippen LogP) is 3.47. The third kappa shape index (κ3) is 3.38. The number of amides is 1. The summed E-state index contributed by atoms with van der Waals surface area (Å²) in [5, 5.41) is 20.3. The van der Waals surface area contributed by atoms with Gasteiger partial charge in [-0.15, -0.1) is 5.11 Å². The van der Waals surface area contributed by atoms with Gasteiger partial charge in [-0.3, -0.25) is 4.79 Å². The highest BCUT2D eigenvalue weighted by atomic mass is 16.3. The standard InChI is InChI=1S/C14H14N4O2/c1-9-13(20)8-12(14(15-9)16-10(2)19)18-17-11-6-4-3-5-7-11/h3-8,20H,1-2H3,(H,15,16,19)/b18-17+. The van der Waals surface area contributed by atoms with Gasteiger partial charge in [0.05, 0.1) is 11.4 Å². The Morgan fingerprint density at radius 1 is 1.25 bits per heavy atom. The number of carbonyl (C=O) groups is 1. The van der Waals surface area contributed by atoms with E-state index in [9.17, 15) is 9.90 Å². The molecule has 0 unspecified atom stereocenters. The number of hydrogen-bond donors (Lipinski definition) is 2. The molecule has 0 aliphatic rings. The van der Waals surface area contributed by atoms with Crippen LogP contribution in [0, 0.1) is 6.92 Å². The predicted molar refractivity (Wildman–Crippen MR) is 75.6 cm³/mol. The number of benzene rings is 1. The van der Waals surface area contributed by atoms with Crippen LogP contribution >= 0.6 is 0 Å². The number of anilines is 1. The van der Waals surface area contributed by atoms with Crippen molar-refractivity contribution in [3.8, 4) is 5.75 Å². The summed E-state index contributed by atoms with van der Waals surface area (Å²) in [7, 11) is 0. The molecule has 102 valence electrons. The minimum atomic E-state index is -0.265. The number of nitrogens with zero attached hydrogens (tertiary/aromatic N) is 3. The molecule has 6 nitrogen and oxygen atoms in total. The van der Waals surface area contributed by atoms with E-state index in [2.05, 4.69) is 20.5 Å². The SMILES string of the molecule is CC(=O)Nc1nc(C)c(O)cc1/N=N/c1ccccc1. The fourth-order valence-electron chi connectivity index (χ4n) is 1.53. The van der Waals surface area contributed by atoms with Gasteiger partial charge >= 0.3 is 0 Å². The van der Waals surface area contributed by atoms with Gasteiger partial charge in [0.1, 0.15) is 11.4 Å². The van der Waals surface area contributed by atoms with E-state index in [1.807, 2.05) is 18.2 Å². The number of hydrogen-bond acceptors (Lipinski definition) is 5. The Kier molecular flexibility index (Phi) is 4.05. The minimum absolute atomic E-state index is 0.00103. The number of aromatic hydroxyl groups is 1. The first-order chi connectivity index (χ1) is 9.56. The van der Waals surface area contributed by atoms with Crippen LogP contribution in [0.25, 0.3) is 0 Å². The quantitative estimate of drug-likeness (QED) is 0.837. The van der Waals surface area contributed by atoms with Crippen LogP contribution in [-0.4, -0.2) is 16.0 Å². The maximum Gasteiger partial charge on any atom is 0.222 e. The van der Waals surface area contributed by atoms with E-state index in [0.717, 1.165) is 0 Å². The molecule has 20 heavy (non-hydrogen) atoms. The molecule has 6 heteroatoms. The van der Waals surface area contributed by atoms with Crippen molar-refractivity contribution in [3.63, 3.8) is 0 Å². The molecule has 0 aliphatic carbocycles. The summed E-state index contributed by atoms with van der Waals surface area (Å²) in [5.74, 6) is 0.00680. The van der Waals surface area contributed by atoms with E-state index >= 15 is 0 Å². The van der Waals surface area contributed by atoms with Crippen LogP contribution < -0.4 is 5.32 Å². The van der Waals surface area contributed by atoms with Crippen LogP contribution in [0.1, 0.15) is 12.6 Å². The third-order valence-corrected chi connectivity index (χ3v) is 2.49. The van der Waals surface area contributed by atoms with Gasteiger partial charge in [0.25, 0.3) is 0 Å². The summed E-state index contributed by atoms with van der Waals surface area (Å²) in [4.78, 5) is 15.2. The molecule has 0 atom stereocenters. The van der Waals surface area contributed by atoms with Gasteiger partial charge in [-0.25, -0.2) is 4.98 Å². The zero-order chi connectivity index (χ0) is 14.5. The third-order valence-electron chi connectivity index (χ3n) is 2.49. The second-order valence-corrected chi connectivity index (χ2v) is 4.18. The average molecular weight is 270 g/mol. The molecule has 1 heterocycles. The van der Waals surface area contributed by atoms with Crippen molar-refractivity contribution in [1.29, 1.82) is 0 Å². The summed E-state index contributed by atoms with van der Waals surface area (Å²) in [6, 6.07) is 10.6. The summed E-state index contributed by atoms with van der Waals surface area (Å²) >= 11 is 0. The largest absolute Gasteiger partial charge is 0.506 e. The minimum Gasteiger partial charge on any atom is -0.506 e. The summed E-state index contributed by atoms with van der Waals surface area (Å²) in [5.41, 5.74) is 1.38. The lowest BCUT2D eigenvalue weighted by Gasteiger charge is -2.07. The smallest absolute Gasteiger partial charge is 0.222 e. The Bertz CT molecular complexity index is 654. The van der Waals surface area contributed by atoms with Crippen molar-refractivity contribution in [2.75, 3.05) is 5.32 Å². The molecule has 0 fully saturated rings. The number of azo groups is 1. The van der Waals surface area contributed by atoms with Gasteiger partial charge in [0.2, 0.25) is 5.91 Å². The maximum absolute atomic E-state index is 11.1. The average Bonchev–Trinajstić information content (AvgIpc) is 2.42. The molecule has 1 amide bonds. The van der Waals surface area contributed by atoms with E-state index in [-0.39, 0.29) is 17.5 Å². The Hall–Kier alpha value is -2.76. The van der Waals surface area contributed by atoms with Crippen molar-refractivity contribution in [3.05, 3.63) is 42.1 Å². The lowest BCUT2D eigenvalue weighted by molar-refractivity contribution is -0.114. The summed E-state index contributed by atoms with van der Waals surface area (Å²) in [6.07, 6.45) is 0. The monoisotopic (exact) mass is 270 g/mol. The van der Waals surface area contributed by atoms with Crippen LogP contribution in [0.4, 0.5) is 17.2 Å². The van der Waals surface area contributed by atoms with Gasteiger partial charge in [-0.05, 0) is 19.1 Å². The molecular weight excluding hydrogens is 256 g/mol. The highest BCUT2D eigenvalue weighted by Gasteiger charge is 2.09. The second kappa shape index (κ2) is 5.92. The van der Waals surface area contributed by atoms with Gasteiger partial charge in [-0.1, -0.05) is 18.2 Å². The molecule has 0 radical (unpaired) electrons. The van der Waals surface area contributed by atoms with Crippen LogP contribution in [0.3, 0.4) is 0 Å². The number of pyridine rings is 1. The number of carbonyl (C=O) groups excluding carboxylic acids is 1. The Labute approximate surface area is 116 Å². The van der Waals surface area contributed by atoms with E-state index in [4.69, 9.17) is 0 Å². The van der Waals surface area contributed by atoms with E-state index < -0.39 is 0 Å². The van der Waals surface area contributed by atoms with Crippen molar-refractivity contribution in [2.24, 2.45) is 10.2 Å². The summed E-state index contributed by atoms with van der Waals surface area (Å²) in [6.45, 7) is 3.01. The van der Waals surface area contributed by atoms with Crippen molar-refractivity contribution in [2.45, 2.75) is 13.8 Å². The van der Waals surface area contributed by atoms with Crippen molar-refractivity contribution >= 4 is 23.1 Å². The lowest BCUT2D eigenvalue weighted by atomic mass is 10.3. The first-order valence-electron chi connectivity index (χ1n) is 6.01. The van der Waals surface area contributed by atoms with E-state index in [0.29, 0.717) is 17.1 Å². The van der Waals surface area contributed by atoms with Gasteiger partial charge in [0, 0.05) is 13.0 Å². The van der Waals surface area contributed by atoms with Crippen LogP contribution in [0.2, 0.25) is 0 Å². The number of aryl methyl sites for hydroxylation is 1. The first-order valence-corrected chi connectivity index (χ1v) is 6.01. The summed E-state index contributed by atoms with van der Waals surface area (Å²) < 4.78 is 0. The Morgan fingerprint density at radius 3 is 2.60 bits per heavy atom.